The van der Waals surface area contributed by atoms with Crippen LogP contribution in [0.4, 0.5) is 10.5 Å². The molecule has 1 fully saturated rings. The van der Waals surface area contributed by atoms with Crippen molar-refractivity contribution in [3.63, 3.8) is 0 Å². The number of para-hydroxylation sites is 1. The van der Waals surface area contributed by atoms with Gasteiger partial charge < -0.3 is 15.7 Å². The smallest absolute Gasteiger partial charge is 0.319 e. The SMILES string of the molecule is O=C(Nc1ccccc1I)NC1CCC(C(=O)O)C1. The molecular weight excluding hydrogens is 359 g/mol. The highest BCUT2D eigenvalue weighted by molar-refractivity contribution is 14.1. The molecule has 6 heteroatoms. The van der Waals surface area contributed by atoms with E-state index in [9.17, 15) is 9.59 Å². The summed E-state index contributed by atoms with van der Waals surface area (Å²) < 4.78 is 0.963. The summed E-state index contributed by atoms with van der Waals surface area (Å²) >= 11 is 2.15. The van der Waals surface area contributed by atoms with Gasteiger partial charge in [0.05, 0.1) is 11.6 Å². The summed E-state index contributed by atoms with van der Waals surface area (Å²) in [5, 5.41) is 14.5. The molecule has 102 valence electrons. The number of hydrogen-bond acceptors (Lipinski definition) is 2. The molecule has 0 aromatic heterocycles. The Hall–Kier alpha value is -1.31. The molecule has 0 bridgehead atoms. The zero-order chi connectivity index (χ0) is 13.8. The average Bonchev–Trinajstić information content (AvgIpc) is 2.80. The lowest BCUT2D eigenvalue weighted by Gasteiger charge is -2.14. The van der Waals surface area contributed by atoms with Crippen LogP contribution in [0.1, 0.15) is 19.3 Å². The maximum absolute atomic E-state index is 11.8. The van der Waals surface area contributed by atoms with Crippen LogP contribution in [0.25, 0.3) is 0 Å². The van der Waals surface area contributed by atoms with Crippen molar-refractivity contribution < 1.29 is 14.7 Å². The van der Waals surface area contributed by atoms with Crippen molar-refractivity contribution in [3.8, 4) is 0 Å². The number of carboxylic acid groups (broad SMARTS) is 1. The Balaban J connectivity index is 1.86. The van der Waals surface area contributed by atoms with E-state index in [1.165, 1.54) is 0 Å². The Kier molecular flexibility index (Phi) is 4.62. The number of benzene rings is 1. The van der Waals surface area contributed by atoms with Crippen molar-refractivity contribution in [2.24, 2.45) is 5.92 Å². The van der Waals surface area contributed by atoms with Gasteiger partial charge in [-0.05, 0) is 54.0 Å². The Morgan fingerprint density at radius 1 is 1.26 bits per heavy atom. The number of hydrogen-bond donors (Lipinski definition) is 3. The first-order chi connectivity index (χ1) is 9.06. The Labute approximate surface area is 124 Å². The van der Waals surface area contributed by atoms with Crippen molar-refractivity contribution in [3.05, 3.63) is 27.8 Å². The molecule has 1 aromatic rings. The molecule has 0 radical (unpaired) electrons. The zero-order valence-corrected chi connectivity index (χ0v) is 12.4. The number of amides is 2. The number of aliphatic carboxylic acids is 1. The van der Waals surface area contributed by atoms with Gasteiger partial charge in [0.25, 0.3) is 0 Å². The monoisotopic (exact) mass is 374 g/mol. The van der Waals surface area contributed by atoms with Gasteiger partial charge in [0.15, 0.2) is 0 Å². The molecule has 3 N–H and O–H groups in total. The maximum Gasteiger partial charge on any atom is 0.319 e. The lowest BCUT2D eigenvalue weighted by molar-refractivity contribution is -0.141. The second-order valence-electron chi connectivity index (χ2n) is 4.62. The van der Waals surface area contributed by atoms with Crippen LogP contribution in [0.3, 0.4) is 0 Å². The molecule has 1 aliphatic carbocycles. The molecule has 2 atom stereocenters. The highest BCUT2D eigenvalue weighted by Crippen LogP contribution is 2.25. The summed E-state index contributed by atoms with van der Waals surface area (Å²) in [6, 6.07) is 7.16. The minimum Gasteiger partial charge on any atom is -0.481 e. The fourth-order valence-electron chi connectivity index (χ4n) is 2.24. The number of urea groups is 1. The molecule has 0 saturated heterocycles. The van der Waals surface area contributed by atoms with Gasteiger partial charge in [-0.1, -0.05) is 12.1 Å². The third kappa shape index (κ3) is 3.82. The standard InChI is InChI=1S/C13H15IN2O3/c14-10-3-1-2-4-11(10)16-13(19)15-9-6-5-8(7-9)12(17)18/h1-4,8-9H,5-7H2,(H,17,18)(H2,15,16,19). The van der Waals surface area contributed by atoms with Gasteiger partial charge in [-0.15, -0.1) is 0 Å². The van der Waals surface area contributed by atoms with E-state index in [1.54, 1.807) is 0 Å². The molecule has 1 aliphatic rings. The van der Waals surface area contributed by atoms with Crippen LogP contribution >= 0.6 is 22.6 Å². The van der Waals surface area contributed by atoms with Gasteiger partial charge >= 0.3 is 12.0 Å². The first-order valence-corrected chi connectivity index (χ1v) is 7.19. The quantitative estimate of drug-likeness (QED) is 0.712. The number of carbonyl (C=O) groups is 2. The van der Waals surface area contributed by atoms with Crippen LogP contribution in [0.5, 0.6) is 0 Å². The number of carbonyl (C=O) groups excluding carboxylic acids is 1. The first kappa shape index (κ1) is 14.1. The number of nitrogens with one attached hydrogen (secondary N) is 2. The highest BCUT2D eigenvalue weighted by atomic mass is 127. The normalized spacial score (nSPS) is 21.9. The summed E-state index contributed by atoms with van der Waals surface area (Å²) in [5.74, 6) is -1.11. The molecule has 0 spiro atoms. The van der Waals surface area contributed by atoms with Gasteiger partial charge in [0.1, 0.15) is 0 Å². The molecule has 0 heterocycles. The molecule has 2 rings (SSSR count). The van der Waals surface area contributed by atoms with E-state index in [0.717, 1.165) is 15.7 Å². The fraction of sp³-hybridized carbons (Fsp3) is 0.385. The van der Waals surface area contributed by atoms with Gasteiger partial charge in [0.2, 0.25) is 0 Å². The van der Waals surface area contributed by atoms with E-state index < -0.39 is 5.97 Å². The lowest BCUT2D eigenvalue weighted by Crippen LogP contribution is -2.36. The fourth-order valence-corrected chi connectivity index (χ4v) is 2.77. The average molecular weight is 374 g/mol. The lowest BCUT2D eigenvalue weighted by atomic mass is 10.1. The number of rotatable bonds is 3. The van der Waals surface area contributed by atoms with E-state index in [2.05, 4.69) is 33.2 Å². The van der Waals surface area contributed by atoms with Crippen molar-refractivity contribution in [2.45, 2.75) is 25.3 Å². The van der Waals surface area contributed by atoms with Crippen LogP contribution in [-0.4, -0.2) is 23.1 Å². The van der Waals surface area contributed by atoms with Gasteiger partial charge in [0, 0.05) is 9.61 Å². The molecule has 0 aliphatic heterocycles. The highest BCUT2D eigenvalue weighted by Gasteiger charge is 2.30. The summed E-state index contributed by atoms with van der Waals surface area (Å²) in [6.07, 6.45) is 1.86. The van der Waals surface area contributed by atoms with Crippen molar-refractivity contribution in [2.75, 3.05) is 5.32 Å². The minimum absolute atomic E-state index is 0.0533. The Morgan fingerprint density at radius 2 is 2.00 bits per heavy atom. The third-order valence-corrected chi connectivity index (χ3v) is 4.18. The van der Waals surface area contributed by atoms with E-state index in [4.69, 9.17) is 5.11 Å². The number of anilines is 1. The van der Waals surface area contributed by atoms with E-state index in [1.807, 2.05) is 24.3 Å². The summed E-state index contributed by atoms with van der Waals surface area (Å²) in [5.41, 5.74) is 0.758. The minimum atomic E-state index is -0.776. The molecule has 1 aromatic carbocycles. The largest absolute Gasteiger partial charge is 0.481 e. The van der Waals surface area contributed by atoms with Crippen molar-refractivity contribution in [1.29, 1.82) is 0 Å². The maximum atomic E-state index is 11.8. The zero-order valence-electron chi connectivity index (χ0n) is 10.2. The molecule has 1 saturated carbocycles. The van der Waals surface area contributed by atoms with Gasteiger partial charge in [-0.3, -0.25) is 4.79 Å². The topological polar surface area (TPSA) is 78.4 Å². The first-order valence-electron chi connectivity index (χ1n) is 6.11. The summed E-state index contributed by atoms with van der Waals surface area (Å²) in [4.78, 5) is 22.7. The number of halogens is 1. The van der Waals surface area contributed by atoms with Gasteiger partial charge in [-0.2, -0.15) is 0 Å². The van der Waals surface area contributed by atoms with E-state index in [0.29, 0.717) is 12.8 Å². The van der Waals surface area contributed by atoms with Gasteiger partial charge in [-0.25, -0.2) is 4.79 Å². The third-order valence-electron chi connectivity index (χ3n) is 3.24. The Bertz CT molecular complexity index is 493. The molecule has 2 unspecified atom stereocenters. The van der Waals surface area contributed by atoms with Crippen LogP contribution in [0, 0.1) is 9.49 Å². The predicted octanol–water partition coefficient (Wildman–Crippen LogP) is 2.67. The van der Waals surface area contributed by atoms with E-state index >= 15 is 0 Å². The van der Waals surface area contributed by atoms with Crippen LogP contribution in [-0.2, 0) is 4.79 Å². The van der Waals surface area contributed by atoms with E-state index in [-0.39, 0.29) is 18.0 Å². The number of carboxylic acids is 1. The second-order valence-corrected chi connectivity index (χ2v) is 5.79. The van der Waals surface area contributed by atoms with Crippen molar-refractivity contribution >= 4 is 40.3 Å². The molecular formula is C13H15IN2O3. The summed E-state index contributed by atoms with van der Waals surface area (Å²) in [6.45, 7) is 0. The molecule has 2 amide bonds. The molecule has 5 nitrogen and oxygen atoms in total. The van der Waals surface area contributed by atoms with Crippen LogP contribution in [0.2, 0.25) is 0 Å². The summed E-state index contributed by atoms with van der Waals surface area (Å²) in [7, 11) is 0. The Morgan fingerprint density at radius 3 is 2.63 bits per heavy atom. The van der Waals surface area contributed by atoms with Crippen molar-refractivity contribution in [1.82, 2.24) is 5.32 Å². The molecule has 19 heavy (non-hydrogen) atoms. The second kappa shape index (κ2) is 6.23. The van der Waals surface area contributed by atoms with Crippen LogP contribution < -0.4 is 10.6 Å². The predicted molar refractivity (Wildman–Crippen MR) is 80.1 cm³/mol. The van der Waals surface area contributed by atoms with Crippen LogP contribution in [0.15, 0.2) is 24.3 Å².